The monoisotopic (exact) mass is 375 g/mol. The molecule has 0 atom stereocenters. The molecule has 2 aliphatic heterocycles. The third-order valence-electron chi connectivity index (χ3n) is 4.65. The van der Waals surface area contributed by atoms with E-state index in [2.05, 4.69) is 48.9 Å². The van der Waals surface area contributed by atoms with Crippen molar-refractivity contribution in [3.8, 4) is 0 Å². The fraction of sp³-hybridized carbons (Fsp3) is 0.611. The molecular weight excluding hydrogens is 350 g/mol. The van der Waals surface area contributed by atoms with Gasteiger partial charge in [-0.3, -0.25) is 4.99 Å². The Morgan fingerprint density at radius 3 is 2.44 bits per heavy atom. The molecule has 25 heavy (non-hydrogen) atoms. The maximum Gasteiger partial charge on any atom is 0.159 e. The first-order valence-corrected chi connectivity index (χ1v) is 10.6. The van der Waals surface area contributed by atoms with E-state index < -0.39 is 0 Å². The van der Waals surface area contributed by atoms with E-state index in [1.165, 1.54) is 10.6 Å². The van der Waals surface area contributed by atoms with Gasteiger partial charge in [-0.15, -0.1) is 11.3 Å². The maximum atomic E-state index is 4.91. The summed E-state index contributed by atoms with van der Waals surface area (Å²) in [5.41, 5.74) is 0. The average Bonchev–Trinajstić information content (AvgIpc) is 3.20. The van der Waals surface area contributed by atoms with Gasteiger partial charge < -0.3 is 9.80 Å². The minimum Gasteiger partial charge on any atom is -0.352 e. The summed E-state index contributed by atoms with van der Waals surface area (Å²) >= 11 is 3.62. The summed E-state index contributed by atoms with van der Waals surface area (Å²) in [6.07, 6.45) is 0. The molecule has 0 bridgehead atoms. The predicted octanol–water partition coefficient (Wildman–Crippen LogP) is 3.82. The van der Waals surface area contributed by atoms with Crippen molar-refractivity contribution in [3.05, 3.63) is 17.3 Å². The molecule has 4 rings (SSSR count). The molecule has 2 aromatic heterocycles. The summed E-state index contributed by atoms with van der Waals surface area (Å²) in [6, 6.07) is 2.16. The number of piperazine rings is 1. The van der Waals surface area contributed by atoms with Gasteiger partial charge in [0.05, 0.1) is 11.9 Å². The molecule has 2 aliphatic rings. The van der Waals surface area contributed by atoms with Crippen molar-refractivity contribution in [2.24, 2.45) is 4.99 Å². The third-order valence-corrected chi connectivity index (χ3v) is 6.71. The van der Waals surface area contributed by atoms with Crippen molar-refractivity contribution in [1.82, 2.24) is 14.9 Å². The van der Waals surface area contributed by atoms with Gasteiger partial charge >= 0.3 is 0 Å². The van der Waals surface area contributed by atoms with E-state index in [1.807, 2.05) is 11.8 Å². The number of fused-ring (bicyclic) bond motifs is 1. The molecule has 0 unspecified atom stereocenters. The van der Waals surface area contributed by atoms with E-state index in [0.29, 0.717) is 5.92 Å². The predicted molar refractivity (Wildman–Crippen MR) is 109 cm³/mol. The zero-order valence-corrected chi connectivity index (χ0v) is 17.0. The molecule has 0 amide bonds. The quantitative estimate of drug-likeness (QED) is 0.798. The SMILES string of the molecule is CC(C)c1nc(N2CCN(C3=NCC(C)(C)S3)CC2)c2ccsc2n1. The Labute approximate surface area is 157 Å². The molecule has 1 saturated heterocycles. The van der Waals surface area contributed by atoms with E-state index in [0.717, 1.165) is 49.2 Å². The summed E-state index contributed by atoms with van der Waals surface area (Å²) in [4.78, 5) is 20.4. The molecule has 4 heterocycles. The molecule has 0 aromatic carbocycles. The van der Waals surface area contributed by atoms with Gasteiger partial charge in [-0.25, -0.2) is 9.97 Å². The molecule has 0 aliphatic carbocycles. The van der Waals surface area contributed by atoms with Gasteiger partial charge in [-0.2, -0.15) is 0 Å². The highest BCUT2D eigenvalue weighted by Crippen LogP contribution is 2.34. The lowest BCUT2D eigenvalue weighted by Gasteiger charge is -2.37. The minimum atomic E-state index is 0.244. The highest BCUT2D eigenvalue weighted by molar-refractivity contribution is 8.15. The largest absolute Gasteiger partial charge is 0.352 e. The van der Waals surface area contributed by atoms with Gasteiger partial charge in [0.1, 0.15) is 16.5 Å². The number of aliphatic imine (C=N–C) groups is 1. The summed E-state index contributed by atoms with van der Waals surface area (Å²) < 4.78 is 0.244. The fourth-order valence-electron chi connectivity index (χ4n) is 3.20. The van der Waals surface area contributed by atoms with Crippen LogP contribution in [0.5, 0.6) is 0 Å². The third kappa shape index (κ3) is 3.36. The van der Waals surface area contributed by atoms with Crippen LogP contribution in [0.3, 0.4) is 0 Å². The Morgan fingerprint density at radius 1 is 1.08 bits per heavy atom. The fourth-order valence-corrected chi connectivity index (χ4v) is 5.03. The molecule has 1 fully saturated rings. The Kier molecular flexibility index (Phi) is 4.40. The van der Waals surface area contributed by atoms with E-state index >= 15 is 0 Å². The van der Waals surface area contributed by atoms with Crippen molar-refractivity contribution in [2.75, 3.05) is 37.6 Å². The summed E-state index contributed by atoms with van der Waals surface area (Å²) in [5.74, 6) is 2.40. The Bertz CT molecular complexity index is 803. The van der Waals surface area contributed by atoms with Crippen molar-refractivity contribution in [1.29, 1.82) is 0 Å². The first-order chi connectivity index (χ1) is 11.9. The zero-order valence-electron chi connectivity index (χ0n) is 15.3. The second kappa shape index (κ2) is 6.43. The highest BCUT2D eigenvalue weighted by atomic mass is 32.2. The van der Waals surface area contributed by atoms with Crippen LogP contribution in [-0.4, -0.2) is 57.5 Å². The number of thiophene rings is 1. The average molecular weight is 376 g/mol. The van der Waals surface area contributed by atoms with Crippen LogP contribution in [-0.2, 0) is 0 Å². The van der Waals surface area contributed by atoms with Crippen molar-refractivity contribution >= 4 is 44.3 Å². The maximum absolute atomic E-state index is 4.91. The van der Waals surface area contributed by atoms with Crippen molar-refractivity contribution in [2.45, 2.75) is 38.4 Å². The van der Waals surface area contributed by atoms with Crippen molar-refractivity contribution < 1.29 is 0 Å². The van der Waals surface area contributed by atoms with Gasteiger partial charge in [0.15, 0.2) is 5.17 Å². The summed E-state index contributed by atoms with van der Waals surface area (Å²) in [7, 11) is 0. The van der Waals surface area contributed by atoms with Gasteiger partial charge in [0, 0.05) is 36.8 Å². The first kappa shape index (κ1) is 17.1. The smallest absolute Gasteiger partial charge is 0.159 e. The van der Waals surface area contributed by atoms with Gasteiger partial charge in [0.2, 0.25) is 0 Å². The number of hydrogen-bond donors (Lipinski definition) is 0. The summed E-state index contributed by atoms with van der Waals surface area (Å²) in [6.45, 7) is 13.8. The topological polar surface area (TPSA) is 44.6 Å². The number of rotatable bonds is 2. The van der Waals surface area contributed by atoms with Gasteiger partial charge in [-0.1, -0.05) is 25.6 Å². The minimum absolute atomic E-state index is 0.244. The number of thioether (sulfide) groups is 1. The number of nitrogens with zero attached hydrogens (tertiary/aromatic N) is 5. The van der Waals surface area contributed by atoms with E-state index in [1.54, 1.807) is 11.3 Å². The second-order valence-corrected chi connectivity index (χ2v) is 10.2. The van der Waals surface area contributed by atoms with Crippen LogP contribution in [0.15, 0.2) is 16.4 Å². The number of anilines is 1. The molecule has 2 aromatic rings. The Hall–Kier alpha value is -1.34. The molecule has 7 heteroatoms. The normalized spacial score (nSPS) is 20.6. The molecule has 0 radical (unpaired) electrons. The molecule has 0 N–H and O–H groups in total. The van der Waals surface area contributed by atoms with Crippen LogP contribution in [0.4, 0.5) is 5.82 Å². The molecular formula is C18H25N5S2. The standard InChI is InChI=1S/C18H25N5S2/c1-12(2)14-20-15(13-5-10-24-16(13)21-14)22-6-8-23(9-7-22)17-19-11-18(3,4)25-17/h5,10,12H,6-9,11H2,1-4H3. The Balaban J connectivity index is 1.53. The van der Waals surface area contributed by atoms with Crippen LogP contribution < -0.4 is 4.90 Å². The Morgan fingerprint density at radius 2 is 1.80 bits per heavy atom. The molecule has 0 saturated carbocycles. The van der Waals surface area contributed by atoms with Crippen LogP contribution >= 0.6 is 23.1 Å². The van der Waals surface area contributed by atoms with E-state index in [4.69, 9.17) is 15.0 Å². The lowest BCUT2D eigenvalue weighted by atomic mass is 10.2. The zero-order chi connectivity index (χ0) is 17.6. The van der Waals surface area contributed by atoms with Gasteiger partial charge in [-0.05, 0) is 25.3 Å². The second-order valence-electron chi connectivity index (χ2n) is 7.63. The lowest BCUT2D eigenvalue weighted by molar-refractivity contribution is 0.391. The van der Waals surface area contributed by atoms with E-state index in [-0.39, 0.29) is 4.75 Å². The lowest BCUT2D eigenvalue weighted by Crippen LogP contribution is -2.48. The molecule has 0 spiro atoms. The van der Waals surface area contributed by atoms with Crippen LogP contribution in [0.25, 0.3) is 10.2 Å². The number of aromatic nitrogens is 2. The highest BCUT2D eigenvalue weighted by Gasteiger charge is 2.32. The number of hydrogen-bond acceptors (Lipinski definition) is 7. The van der Waals surface area contributed by atoms with Crippen LogP contribution in [0, 0.1) is 0 Å². The van der Waals surface area contributed by atoms with Crippen LogP contribution in [0.2, 0.25) is 0 Å². The van der Waals surface area contributed by atoms with Crippen LogP contribution in [0.1, 0.15) is 39.4 Å². The molecule has 5 nitrogen and oxygen atoms in total. The van der Waals surface area contributed by atoms with E-state index in [9.17, 15) is 0 Å². The number of amidine groups is 1. The first-order valence-electron chi connectivity index (χ1n) is 8.91. The summed E-state index contributed by atoms with van der Waals surface area (Å²) in [5, 5.41) is 4.53. The van der Waals surface area contributed by atoms with Gasteiger partial charge in [0.25, 0.3) is 0 Å². The van der Waals surface area contributed by atoms with Crippen molar-refractivity contribution in [3.63, 3.8) is 0 Å². The molecule has 134 valence electrons.